The van der Waals surface area contributed by atoms with Gasteiger partial charge in [0.25, 0.3) is 0 Å². The molecule has 1 heterocycles. The normalized spacial score (nSPS) is 11.0. The predicted molar refractivity (Wildman–Crippen MR) is 138 cm³/mol. The highest BCUT2D eigenvalue weighted by molar-refractivity contribution is 6.30. The van der Waals surface area contributed by atoms with Crippen molar-refractivity contribution in [2.45, 2.75) is 6.61 Å². The summed E-state index contributed by atoms with van der Waals surface area (Å²) in [6.45, 7) is 0.0928. The lowest BCUT2D eigenvalue weighted by Crippen LogP contribution is -2.01. The van der Waals surface area contributed by atoms with E-state index in [-0.39, 0.29) is 28.7 Å². The fraction of sp³-hybridized carbons (Fsp3) is 0.148. The standard InChI is InChI=1S/C27H23ClFN3O6/c1-35-19-12-23(34)27(26(13-19)37-3)22(33)8-4-16-5-9-24(25(10-16)36-2)38-15-17-14-32(31-30-17)18-6-7-21(29)20(28)11-18/h4-14,34H,15H2,1-3H3/b8-4+. The summed E-state index contributed by atoms with van der Waals surface area (Å²) in [6.07, 6.45) is 4.54. The molecule has 0 bridgehead atoms. The van der Waals surface area contributed by atoms with Crippen molar-refractivity contribution in [2.24, 2.45) is 0 Å². The highest BCUT2D eigenvalue weighted by atomic mass is 35.5. The maximum atomic E-state index is 13.4. The van der Waals surface area contributed by atoms with E-state index in [1.807, 2.05) is 0 Å². The molecule has 4 aromatic rings. The van der Waals surface area contributed by atoms with Gasteiger partial charge in [-0.25, -0.2) is 9.07 Å². The number of carbonyl (C=O) groups is 1. The van der Waals surface area contributed by atoms with Crippen molar-refractivity contribution in [3.8, 4) is 34.4 Å². The van der Waals surface area contributed by atoms with Crippen LogP contribution >= 0.6 is 11.6 Å². The third kappa shape index (κ3) is 5.87. The van der Waals surface area contributed by atoms with Gasteiger partial charge in [0.15, 0.2) is 17.3 Å². The Bertz CT molecular complexity index is 1500. The maximum absolute atomic E-state index is 13.4. The SMILES string of the molecule is COc1cc(O)c(C(=O)/C=C/c2ccc(OCc3cn(-c4ccc(F)c(Cl)c4)nn3)c(OC)c2)c(OC)c1. The van der Waals surface area contributed by atoms with Crippen LogP contribution < -0.4 is 18.9 Å². The second-order valence-electron chi connectivity index (χ2n) is 7.87. The molecule has 3 aromatic carbocycles. The number of phenols is 1. The number of aromatic nitrogens is 3. The Kier molecular flexibility index (Phi) is 8.12. The molecule has 1 aromatic heterocycles. The molecule has 0 aliphatic heterocycles. The van der Waals surface area contributed by atoms with Gasteiger partial charge in [-0.2, -0.15) is 0 Å². The molecule has 38 heavy (non-hydrogen) atoms. The first-order chi connectivity index (χ1) is 18.3. The van der Waals surface area contributed by atoms with Crippen LogP contribution in [0.4, 0.5) is 4.39 Å². The van der Waals surface area contributed by atoms with Crippen molar-refractivity contribution in [3.05, 3.63) is 88.5 Å². The second-order valence-corrected chi connectivity index (χ2v) is 8.28. The molecule has 0 fully saturated rings. The molecule has 11 heteroatoms. The van der Waals surface area contributed by atoms with Crippen LogP contribution in [0.2, 0.25) is 5.02 Å². The molecule has 0 amide bonds. The van der Waals surface area contributed by atoms with Crippen LogP contribution in [0.5, 0.6) is 28.7 Å². The Labute approximate surface area is 222 Å². The molecule has 1 N–H and O–H groups in total. The van der Waals surface area contributed by atoms with Crippen LogP contribution in [0.25, 0.3) is 11.8 Å². The van der Waals surface area contributed by atoms with E-state index in [1.165, 1.54) is 62.4 Å². The number of benzene rings is 3. The Morgan fingerprint density at radius 3 is 2.53 bits per heavy atom. The third-order valence-electron chi connectivity index (χ3n) is 5.46. The lowest BCUT2D eigenvalue weighted by Gasteiger charge is -2.11. The molecule has 0 saturated carbocycles. The number of ketones is 1. The summed E-state index contributed by atoms with van der Waals surface area (Å²) < 4.78 is 36.5. The molecule has 0 atom stereocenters. The Hall–Kier alpha value is -4.57. The molecule has 0 spiro atoms. The summed E-state index contributed by atoms with van der Waals surface area (Å²) in [5.74, 6) is 0.211. The van der Waals surface area contributed by atoms with Crippen molar-refractivity contribution in [1.82, 2.24) is 15.0 Å². The first-order valence-corrected chi connectivity index (χ1v) is 11.6. The van der Waals surface area contributed by atoms with E-state index in [0.717, 1.165) is 0 Å². The first kappa shape index (κ1) is 26.5. The van der Waals surface area contributed by atoms with Crippen LogP contribution in [-0.4, -0.2) is 47.2 Å². The number of hydrogen-bond donors (Lipinski definition) is 1. The van der Waals surface area contributed by atoms with Crippen molar-refractivity contribution in [2.75, 3.05) is 21.3 Å². The van der Waals surface area contributed by atoms with Gasteiger partial charge in [-0.3, -0.25) is 4.79 Å². The lowest BCUT2D eigenvalue weighted by molar-refractivity contribution is 0.104. The number of halogens is 2. The van der Waals surface area contributed by atoms with Gasteiger partial charge < -0.3 is 24.1 Å². The Morgan fingerprint density at radius 1 is 1.03 bits per heavy atom. The zero-order chi connectivity index (χ0) is 27.2. The van der Waals surface area contributed by atoms with Crippen molar-refractivity contribution in [1.29, 1.82) is 0 Å². The minimum absolute atomic E-state index is 0.0173. The highest BCUT2D eigenvalue weighted by Crippen LogP contribution is 2.34. The van der Waals surface area contributed by atoms with E-state index in [2.05, 4.69) is 10.3 Å². The van der Waals surface area contributed by atoms with Crippen LogP contribution in [0.3, 0.4) is 0 Å². The van der Waals surface area contributed by atoms with Gasteiger partial charge >= 0.3 is 0 Å². The number of phenolic OH excluding ortho intramolecular Hbond substituents is 1. The van der Waals surface area contributed by atoms with E-state index >= 15 is 0 Å². The smallest absolute Gasteiger partial charge is 0.193 e. The van der Waals surface area contributed by atoms with Crippen LogP contribution in [0.1, 0.15) is 21.6 Å². The highest BCUT2D eigenvalue weighted by Gasteiger charge is 2.17. The average Bonchev–Trinajstić information content (AvgIpc) is 3.40. The fourth-order valence-corrected chi connectivity index (χ4v) is 3.71. The number of allylic oxidation sites excluding steroid dienone is 1. The van der Waals surface area contributed by atoms with Gasteiger partial charge in [0.05, 0.1) is 38.2 Å². The molecule has 0 unspecified atom stereocenters. The number of aromatic hydroxyl groups is 1. The van der Waals surface area contributed by atoms with Crippen LogP contribution in [0.15, 0.2) is 60.8 Å². The van der Waals surface area contributed by atoms with E-state index in [4.69, 9.17) is 30.5 Å². The van der Waals surface area contributed by atoms with E-state index in [0.29, 0.717) is 34.2 Å². The predicted octanol–water partition coefficient (Wildman–Crippen LogP) is 5.27. The molecule has 9 nitrogen and oxygen atoms in total. The second kappa shape index (κ2) is 11.7. The van der Waals surface area contributed by atoms with Gasteiger partial charge in [0.1, 0.15) is 40.9 Å². The third-order valence-corrected chi connectivity index (χ3v) is 5.75. The van der Waals surface area contributed by atoms with Gasteiger partial charge in [0, 0.05) is 12.1 Å². The molecule has 196 valence electrons. The zero-order valence-corrected chi connectivity index (χ0v) is 21.4. The topological polar surface area (TPSA) is 105 Å². The van der Waals surface area contributed by atoms with Gasteiger partial charge in [-0.05, 0) is 42.0 Å². The number of ether oxygens (including phenoxy) is 4. The number of nitrogens with zero attached hydrogens (tertiary/aromatic N) is 3. The van der Waals surface area contributed by atoms with Gasteiger partial charge in [0.2, 0.25) is 0 Å². The number of rotatable bonds is 10. The Morgan fingerprint density at radius 2 is 1.82 bits per heavy atom. The molecular formula is C27H23ClFN3O6. The summed E-state index contributed by atoms with van der Waals surface area (Å²) in [6, 6.07) is 12.2. The summed E-state index contributed by atoms with van der Waals surface area (Å²) >= 11 is 5.84. The Balaban J connectivity index is 1.46. The summed E-state index contributed by atoms with van der Waals surface area (Å²) in [5, 5.41) is 18.3. The summed E-state index contributed by atoms with van der Waals surface area (Å²) in [7, 11) is 4.34. The van der Waals surface area contributed by atoms with E-state index < -0.39 is 11.6 Å². The van der Waals surface area contributed by atoms with E-state index in [1.54, 1.807) is 30.5 Å². The van der Waals surface area contributed by atoms with Gasteiger partial charge in [-0.15, -0.1) is 5.10 Å². The largest absolute Gasteiger partial charge is 0.507 e. The van der Waals surface area contributed by atoms with Gasteiger partial charge in [-0.1, -0.05) is 29.0 Å². The molecule has 0 aliphatic carbocycles. The minimum Gasteiger partial charge on any atom is -0.507 e. The summed E-state index contributed by atoms with van der Waals surface area (Å²) in [5.41, 5.74) is 1.76. The fourth-order valence-electron chi connectivity index (χ4n) is 3.53. The van der Waals surface area contributed by atoms with Crippen LogP contribution in [0, 0.1) is 5.82 Å². The quantitative estimate of drug-likeness (QED) is 0.215. The number of carbonyl (C=O) groups excluding carboxylic acids is 1. The minimum atomic E-state index is -0.521. The zero-order valence-electron chi connectivity index (χ0n) is 20.6. The average molecular weight is 540 g/mol. The molecule has 0 radical (unpaired) electrons. The molecular weight excluding hydrogens is 517 g/mol. The first-order valence-electron chi connectivity index (χ1n) is 11.2. The molecule has 0 aliphatic rings. The van der Waals surface area contributed by atoms with Crippen molar-refractivity contribution < 1.29 is 33.2 Å². The molecule has 0 saturated heterocycles. The monoisotopic (exact) mass is 539 g/mol. The number of hydrogen-bond acceptors (Lipinski definition) is 8. The summed E-state index contributed by atoms with van der Waals surface area (Å²) in [4.78, 5) is 12.8. The van der Waals surface area contributed by atoms with E-state index in [9.17, 15) is 14.3 Å². The maximum Gasteiger partial charge on any atom is 0.193 e. The molecule has 4 rings (SSSR count). The van der Waals surface area contributed by atoms with Crippen molar-refractivity contribution in [3.63, 3.8) is 0 Å². The lowest BCUT2D eigenvalue weighted by atomic mass is 10.1. The van der Waals surface area contributed by atoms with Crippen LogP contribution in [-0.2, 0) is 6.61 Å². The number of methoxy groups -OCH3 is 3. The van der Waals surface area contributed by atoms with Crippen molar-refractivity contribution >= 4 is 23.5 Å².